The predicted octanol–water partition coefficient (Wildman–Crippen LogP) is 1.94. The molecule has 6 rings (SSSR count). The summed E-state index contributed by atoms with van der Waals surface area (Å²) in [4.78, 5) is 18.5. The van der Waals surface area contributed by atoms with Gasteiger partial charge in [0, 0.05) is 5.54 Å². The van der Waals surface area contributed by atoms with Crippen molar-refractivity contribution in [2.75, 3.05) is 20.9 Å². The quantitative estimate of drug-likeness (QED) is 0.379. The van der Waals surface area contributed by atoms with Crippen LogP contribution in [0.2, 0.25) is 0 Å². The van der Waals surface area contributed by atoms with Crippen LogP contribution in [0.25, 0.3) is 0 Å². The van der Waals surface area contributed by atoms with Crippen LogP contribution < -0.4 is 20.4 Å². The number of carbonyl (C=O) groups is 1. The lowest BCUT2D eigenvalue weighted by atomic mass is 9.52. The van der Waals surface area contributed by atoms with Gasteiger partial charge in [0.1, 0.15) is 0 Å². The first-order valence-corrected chi connectivity index (χ1v) is 12.4. The van der Waals surface area contributed by atoms with Crippen molar-refractivity contribution >= 4 is 25.3 Å². The summed E-state index contributed by atoms with van der Waals surface area (Å²) in [5.74, 6) is 2.89. The van der Waals surface area contributed by atoms with E-state index >= 15 is 0 Å². The Hall–Kier alpha value is -2.79. The van der Waals surface area contributed by atoms with E-state index in [1.54, 1.807) is 33.4 Å². The van der Waals surface area contributed by atoms with Crippen LogP contribution in [0.3, 0.4) is 0 Å². The summed E-state index contributed by atoms with van der Waals surface area (Å²) in [6, 6.07) is 4.72. The van der Waals surface area contributed by atoms with Crippen molar-refractivity contribution in [2.45, 2.75) is 57.0 Å². The average Bonchev–Trinajstić information content (AvgIpc) is 2.81. The normalized spacial score (nSPS) is 31.1. The number of aliphatic carboxylic acids is 1. The van der Waals surface area contributed by atoms with Crippen LogP contribution >= 0.6 is 0 Å². The molecule has 5 aliphatic rings. The first-order chi connectivity index (χ1) is 16.8. The van der Waals surface area contributed by atoms with E-state index in [4.69, 9.17) is 20.1 Å². The first-order valence-electron chi connectivity index (χ1n) is 12.4. The van der Waals surface area contributed by atoms with Gasteiger partial charge in [-0.1, -0.05) is 0 Å². The van der Waals surface area contributed by atoms with Crippen LogP contribution in [0, 0.1) is 17.8 Å². The van der Waals surface area contributed by atoms with Crippen molar-refractivity contribution in [2.24, 2.45) is 33.5 Å². The number of carboxylic acid groups (broad SMARTS) is 1. The fraction of sp³-hybridized carbons (Fsp3) is 0.625. The highest BCUT2D eigenvalue weighted by atomic mass is 16.5. The number of benzene rings is 1. The number of methoxy groups -OCH3 is 2. The zero-order valence-electron chi connectivity index (χ0n) is 20.7. The van der Waals surface area contributed by atoms with Gasteiger partial charge in [-0.3, -0.25) is 14.5 Å². The van der Waals surface area contributed by atoms with Gasteiger partial charge in [-0.05, 0) is 87.0 Å². The topological polar surface area (TPSA) is 125 Å². The molecule has 35 heavy (non-hydrogen) atoms. The fourth-order valence-corrected chi connectivity index (χ4v) is 6.89. The first kappa shape index (κ1) is 23.9. The third kappa shape index (κ3) is 4.71. The largest absolute Gasteiger partial charge is 0.493 e. The number of nitrogens with zero attached hydrogens (tertiary/aromatic N) is 4. The van der Waals surface area contributed by atoms with Gasteiger partial charge in [-0.15, -0.1) is 0 Å². The van der Waals surface area contributed by atoms with Crippen molar-refractivity contribution in [3.8, 4) is 11.5 Å². The number of ether oxygens (including phenoxy) is 2. The number of nitrogens with two attached hydrogens (primary N) is 1. The third-order valence-corrected chi connectivity index (χ3v) is 8.21. The second-order valence-electron chi connectivity index (χ2n) is 10.6. The Balaban J connectivity index is 1.37. The SMILES string of the molecule is COc1ccc(C=NN2CN([C@@H](C)C(=O)O)B(NC34CC5CC(CC(C5)C3)C4)N=C2N)cc1OC. The van der Waals surface area contributed by atoms with Gasteiger partial charge in [0.2, 0.25) is 5.96 Å². The molecule has 188 valence electrons. The van der Waals surface area contributed by atoms with Crippen molar-refractivity contribution in [3.05, 3.63) is 23.8 Å². The van der Waals surface area contributed by atoms with Crippen LogP contribution in [-0.4, -0.2) is 72.7 Å². The Morgan fingerprint density at radius 2 is 1.86 bits per heavy atom. The van der Waals surface area contributed by atoms with Crippen LogP contribution in [0.4, 0.5) is 0 Å². The third-order valence-electron chi connectivity index (χ3n) is 8.21. The highest BCUT2D eigenvalue weighted by molar-refractivity contribution is 6.53. The lowest BCUT2D eigenvalue weighted by molar-refractivity contribution is -0.141. The minimum atomic E-state index is -0.901. The van der Waals surface area contributed by atoms with Gasteiger partial charge < -0.3 is 25.5 Å². The number of guanidine groups is 1. The van der Waals surface area contributed by atoms with Gasteiger partial charge in [-0.25, -0.2) is 5.01 Å². The average molecular weight is 482 g/mol. The highest BCUT2D eigenvalue weighted by Crippen LogP contribution is 2.55. The summed E-state index contributed by atoms with van der Waals surface area (Å²) >= 11 is 0. The van der Waals surface area contributed by atoms with E-state index < -0.39 is 19.1 Å². The highest BCUT2D eigenvalue weighted by Gasteiger charge is 2.53. The zero-order valence-corrected chi connectivity index (χ0v) is 20.7. The monoisotopic (exact) mass is 482 g/mol. The van der Waals surface area contributed by atoms with Gasteiger partial charge in [-0.2, -0.15) is 5.10 Å². The molecule has 0 spiro atoms. The van der Waals surface area contributed by atoms with E-state index in [1.165, 1.54) is 24.3 Å². The number of carboxylic acids is 1. The maximum absolute atomic E-state index is 12.0. The Bertz CT molecular complexity index is 998. The molecular formula is C24H35BN6O4. The fourth-order valence-electron chi connectivity index (χ4n) is 6.89. The molecule has 0 amide bonds. The summed E-state index contributed by atoms with van der Waals surface area (Å²) in [5.41, 5.74) is 7.16. The Morgan fingerprint density at radius 1 is 1.23 bits per heavy atom. The van der Waals surface area contributed by atoms with Crippen molar-refractivity contribution < 1.29 is 19.4 Å². The maximum atomic E-state index is 12.0. The van der Waals surface area contributed by atoms with E-state index in [1.807, 2.05) is 16.9 Å². The van der Waals surface area contributed by atoms with Gasteiger partial charge >= 0.3 is 13.1 Å². The summed E-state index contributed by atoms with van der Waals surface area (Å²) < 4.78 is 10.7. The molecule has 4 N–H and O–H groups in total. The van der Waals surface area contributed by atoms with Crippen LogP contribution in [0.5, 0.6) is 11.5 Å². The smallest absolute Gasteiger partial charge is 0.458 e. The van der Waals surface area contributed by atoms with Crippen molar-refractivity contribution in [1.29, 1.82) is 0 Å². The summed E-state index contributed by atoms with van der Waals surface area (Å²) in [6.07, 6.45) is 9.09. The molecular weight excluding hydrogens is 447 g/mol. The van der Waals surface area contributed by atoms with Crippen LogP contribution in [-0.2, 0) is 4.79 Å². The molecule has 4 fully saturated rings. The van der Waals surface area contributed by atoms with E-state index in [-0.39, 0.29) is 18.2 Å². The van der Waals surface area contributed by atoms with Crippen molar-refractivity contribution in [3.63, 3.8) is 0 Å². The predicted molar refractivity (Wildman–Crippen MR) is 134 cm³/mol. The molecule has 4 aliphatic carbocycles. The maximum Gasteiger partial charge on any atom is 0.458 e. The molecule has 1 aliphatic heterocycles. The van der Waals surface area contributed by atoms with Gasteiger partial charge in [0.25, 0.3) is 0 Å². The van der Waals surface area contributed by atoms with E-state index in [0.29, 0.717) is 11.5 Å². The number of hydrazone groups is 1. The minimum Gasteiger partial charge on any atom is -0.493 e. The molecule has 10 nitrogen and oxygen atoms in total. The molecule has 1 atom stereocenters. The lowest BCUT2D eigenvalue weighted by Crippen LogP contribution is -2.70. The minimum absolute atomic E-state index is 0.0186. The molecule has 0 aromatic heterocycles. The van der Waals surface area contributed by atoms with Crippen LogP contribution in [0.15, 0.2) is 28.2 Å². The van der Waals surface area contributed by atoms with E-state index in [2.05, 4.69) is 10.3 Å². The molecule has 1 aromatic rings. The summed E-state index contributed by atoms with van der Waals surface area (Å²) in [6.45, 7) is 1.90. The number of hydrogen-bond acceptors (Lipinski definition) is 9. The molecule has 11 heteroatoms. The Labute approximate surface area is 206 Å². The molecule has 4 bridgehead atoms. The Morgan fingerprint density at radius 3 is 2.43 bits per heavy atom. The number of rotatable bonds is 8. The zero-order chi connectivity index (χ0) is 24.7. The Kier molecular flexibility index (Phi) is 6.39. The van der Waals surface area contributed by atoms with Crippen LogP contribution in [0.1, 0.15) is 51.0 Å². The van der Waals surface area contributed by atoms with E-state index in [0.717, 1.165) is 42.6 Å². The van der Waals surface area contributed by atoms with Gasteiger partial charge in [0.05, 0.1) is 33.1 Å². The van der Waals surface area contributed by atoms with Gasteiger partial charge in [0.15, 0.2) is 11.5 Å². The molecule has 1 aromatic carbocycles. The van der Waals surface area contributed by atoms with E-state index in [9.17, 15) is 9.90 Å². The summed E-state index contributed by atoms with van der Waals surface area (Å²) in [7, 11) is 2.67. The standard InChI is InChI=1S/C24H35BN6O4/c1-15(22(32)33)30-14-31(27-13-16-4-5-20(34-2)21(9-16)35-3)23(26)28-25(30)29-24-10-17-6-18(11-24)8-19(7-17)12-24/h4-5,9,13,15,17-19,29H,6-8,10-12,14H2,1-3H3,(H2,26,28)(H,32,33)/t15-,17?,18?,19?,24?/m0/s1. The second-order valence-corrected chi connectivity index (χ2v) is 10.6. The molecule has 0 saturated heterocycles. The second kappa shape index (κ2) is 9.35. The molecule has 1 heterocycles. The lowest BCUT2D eigenvalue weighted by Gasteiger charge is -2.58. The molecule has 0 unspecified atom stereocenters. The molecule has 0 radical (unpaired) electrons. The number of nitrogens with one attached hydrogen (secondary N) is 1. The summed E-state index contributed by atoms with van der Waals surface area (Å²) in [5, 5.41) is 19.7. The molecule has 4 saturated carbocycles. The number of hydrogen-bond donors (Lipinski definition) is 3. The van der Waals surface area contributed by atoms with Crippen molar-refractivity contribution in [1.82, 2.24) is 15.0 Å².